The molecule has 0 aliphatic carbocycles. The third-order valence-electron chi connectivity index (χ3n) is 4.97. The largest absolute Gasteiger partial charge is 0.496 e. The van der Waals surface area contributed by atoms with Crippen LogP contribution >= 0.6 is 0 Å². The fourth-order valence-corrected chi connectivity index (χ4v) is 3.31. The van der Waals surface area contributed by atoms with Gasteiger partial charge in [0, 0.05) is 18.1 Å². The Hall–Kier alpha value is -3.32. The molecule has 0 bridgehead atoms. The topological polar surface area (TPSA) is 86.9 Å². The number of methoxy groups -OCH3 is 1. The Kier molecular flexibility index (Phi) is 7.31. The van der Waals surface area contributed by atoms with Crippen LogP contribution in [0.1, 0.15) is 24.6 Å². The van der Waals surface area contributed by atoms with Crippen LogP contribution in [0.15, 0.2) is 42.5 Å². The highest BCUT2D eigenvalue weighted by atomic mass is 16.5. The SMILES string of the molecule is CCCOc1c(N(C)C(=O)CN)ccc(OC)c1COc1cccc2ccc(C)nc12. The van der Waals surface area contributed by atoms with Crippen molar-refractivity contribution in [2.24, 2.45) is 5.73 Å². The molecule has 0 aliphatic rings. The van der Waals surface area contributed by atoms with Gasteiger partial charge in [-0.25, -0.2) is 4.98 Å². The van der Waals surface area contributed by atoms with Gasteiger partial charge in [0.1, 0.15) is 23.6 Å². The second-order valence-corrected chi connectivity index (χ2v) is 7.17. The van der Waals surface area contributed by atoms with Gasteiger partial charge in [-0.1, -0.05) is 25.1 Å². The number of carbonyl (C=O) groups is 1. The van der Waals surface area contributed by atoms with Crippen LogP contribution in [0.4, 0.5) is 5.69 Å². The molecule has 0 fully saturated rings. The molecule has 2 aromatic carbocycles. The molecule has 1 aromatic heterocycles. The van der Waals surface area contributed by atoms with E-state index in [1.807, 2.05) is 44.2 Å². The standard InChI is InChI=1S/C24H29N3O4/c1-5-13-30-24-18(20(29-4)12-11-19(24)27(3)22(28)14-25)15-31-21-8-6-7-17-10-9-16(2)26-23(17)21/h6-12H,5,13-15,25H2,1-4H3. The number of likely N-dealkylation sites (N-methyl/N-ethyl adjacent to an activating group) is 1. The molecule has 31 heavy (non-hydrogen) atoms. The van der Waals surface area contributed by atoms with E-state index in [1.165, 1.54) is 4.90 Å². The third kappa shape index (κ3) is 4.88. The summed E-state index contributed by atoms with van der Waals surface area (Å²) < 4.78 is 17.8. The highest BCUT2D eigenvalue weighted by molar-refractivity contribution is 5.96. The van der Waals surface area contributed by atoms with E-state index in [9.17, 15) is 4.79 Å². The summed E-state index contributed by atoms with van der Waals surface area (Å²) in [6.45, 7) is 4.56. The summed E-state index contributed by atoms with van der Waals surface area (Å²) >= 11 is 0. The van der Waals surface area contributed by atoms with Crippen LogP contribution in [0.2, 0.25) is 0 Å². The second-order valence-electron chi connectivity index (χ2n) is 7.17. The Morgan fingerprint density at radius 1 is 1.10 bits per heavy atom. The van der Waals surface area contributed by atoms with E-state index < -0.39 is 0 Å². The smallest absolute Gasteiger partial charge is 0.240 e. The van der Waals surface area contributed by atoms with Gasteiger partial charge in [-0.2, -0.15) is 0 Å². The predicted octanol–water partition coefficient (Wildman–Crippen LogP) is 3.84. The molecule has 0 aliphatic heterocycles. The van der Waals surface area contributed by atoms with Crippen molar-refractivity contribution in [2.75, 3.05) is 32.2 Å². The predicted molar refractivity (Wildman–Crippen MR) is 122 cm³/mol. The van der Waals surface area contributed by atoms with E-state index in [4.69, 9.17) is 19.9 Å². The first kappa shape index (κ1) is 22.4. The van der Waals surface area contributed by atoms with Crippen molar-refractivity contribution >= 4 is 22.5 Å². The molecule has 0 unspecified atom stereocenters. The minimum Gasteiger partial charge on any atom is -0.496 e. The maximum atomic E-state index is 12.2. The van der Waals surface area contributed by atoms with Crippen LogP contribution in [-0.4, -0.2) is 38.2 Å². The lowest BCUT2D eigenvalue weighted by atomic mass is 10.1. The third-order valence-corrected chi connectivity index (χ3v) is 4.97. The number of aromatic nitrogens is 1. The van der Waals surface area contributed by atoms with Gasteiger partial charge in [0.15, 0.2) is 5.75 Å². The summed E-state index contributed by atoms with van der Waals surface area (Å²) in [5, 5.41) is 1.000. The van der Waals surface area contributed by atoms with Gasteiger partial charge >= 0.3 is 0 Å². The summed E-state index contributed by atoms with van der Waals surface area (Å²) in [4.78, 5) is 18.4. The van der Waals surface area contributed by atoms with Crippen LogP contribution in [0, 0.1) is 6.92 Å². The molecule has 0 saturated carbocycles. The van der Waals surface area contributed by atoms with E-state index in [2.05, 4.69) is 4.98 Å². The summed E-state index contributed by atoms with van der Waals surface area (Å²) in [5.74, 6) is 1.62. The number of nitrogens with two attached hydrogens (primary N) is 1. The molecule has 3 rings (SSSR count). The van der Waals surface area contributed by atoms with Gasteiger partial charge in [0.25, 0.3) is 0 Å². The molecule has 7 heteroatoms. The van der Waals surface area contributed by atoms with Crippen molar-refractivity contribution in [3.8, 4) is 17.2 Å². The van der Waals surface area contributed by atoms with Gasteiger partial charge in [-0.15, -0.1) is 0 Å². The number of ether oxygens (including phenoxy) is 3. The van der Waals surface area contributed by atoms with Crippen LogP contribution in [0.3, 0.4) is 0 Å². The average Bonchev–Trinajstić information content (AvgIpc) is 2.80. The molecule has 7 nitrogen and oxygen atoms in total. The summed E-state index contributed by atoms with van der Waals surface area (Å²) in [6.07, 6.45) is 0.817. The number of para-hydroxylation sites is 1. The molecule has 3 aromatic rings. The first-order valence-corrected chi connectivity index (χ1v) is 10.3. The number of hydrogen-bond acceptors (Lipinski definition) is 6. The minimum absolute atomic E-state index is 0.0946. The number of benzene rings is 2. The van der Waals surface area contributed by atoms with E-state index in [-0.39, 0.29) is 19.1 Å². The van der Waals surface area contributed by atoms with E-state index >= 15 is 0 Å². The maximum absolute atomic E-state index is 12.2. The number of amides is 1. The van der Waals surface area contributed by atoms with Crippen molar-refractivity contribution < 1.29 is 19.0 Å². The molecule has 0 spiro atoms. The monoisotopic (exact) mass is 423 g/mol. The highest BCUT2D eigenvalue weighted by Crippen LogP contribution is 2.39. The number of fused-ring (bicyclic) bond motifs is 1. The lowest BCUT2D eigenvalue weighted by Crippen LogP contribution is -2.33. The van der Waals surface area contributed by atoms with Crippen LogP contribution < -0.4 is 24.8 Å². The molecular weight excluding hydrogens is 394 g/mol. The molecule has 0 atom stereocenters. The Labute approximate surface area is 182 Å². The Morgan fingerprint density at radius 3 is 2.61 bits per heavy atom. The zero-order chi connectivity index (χ0) is 22.4. The number of rotatable bonds is 9. The van der Waals surface area contributed by atoms with Crippen molar-refractivity contribution in [1.82, 2.24) is 4.98 Å². The molecule has 1 heterocycles. The van der Waals surface area contributed by atoms with Gasteiger partial charge < -0.3 is 24.8 Å². The van der Waals surface area contributed by atoms with E-state index in [1.54, 1.807) is 26.3 Å². The molecule has 1 amide bonds. The summed E-state index contributed by atoms with van der Waals surface area (Å²) in [5.41, 5.74) is 8.61. The first-order valence-electron chi connectivity index (χ1n) is 10.3. The van der Waals surface area contributed by atoms with Crippen molar-refractivity contribution in [3.05, 3.63) is 53.7 Å². The lowest BCUT2D eigenvalue weighted by molar-refractivity contribution is -0.117. The number of aryl methyl sites for hydroxylation is 1. The van der Waals surface area contributed by atoms with Gasteiger partial charge in [0.05, 0.1) is 31.5 Å². The normalized spacial score (nSPS) is 10.7. The van der Waals surface area contributed by atoms with Crippen LogP contribution in [0.5, 0.6) is 17.2 Å². The number of hydrogen-bond donors (Lipinski definition) is 1. The first-order chi connectivity index (χ1) is 15.0. The minimum atomic E-state index is -0.216. The Balaban J connectivity index is 2.03. The molecule has 164 valence electrons. The lowest BCUT2D eigenvalue weighted by Gasteiger charge is -2.24. The molecular formula is C24H29N3O4. The van der Waals surface area contributed by atoms with Gasteiger partial charge in [-0.3, -0.25) is 4.79 Å². The van der Waals surface area contributed by atoms with Crippen LogP contribution in [-0.2, 0) is 11.4 Å². The average molecular weight is 424 g/mol. The molecule has 0 saturated heterocycles. The fourth-order valence-electron chi connectivity index (χ4n) is 3.31. The highest BCUT2D eigenvalue weighted by Gasteiger charge is 2.22. The maximum Gasteiger partial charge on any atom is 0.240 e. The van der Waals surface area contributed by atoms with Crippen molar-refractivity contribution in [1.29, 1.82) is 0 Å². The number of pyridine rings is 1. The quantitative estimate of drug-likeness (QED) is 0.563. The number of carbonyl (C=O) groups excluding carboxylic acids is 1. The van der Waals surface area contributed by atoms with E-state index in [0.717, 1.165) is 28.6 Å². The van der Waals surface area contributed by atoms with Gasteiger partial charge in [-0.05, 0) is 37.6 Å². The Bertz CT molecular complexity index is 1070. The van der Waals surface area contributed by atoms with Crippen molar-refractivity contribution in [2.45, 2.75) is 26.9 Å². The second kappa shape index (κ2) is 10.1. The summed E-state index contributed by atoms with van der Waals surface area (Å²) in [7, 11) is 3.28. The van der Waals surface area contributed by atoms with Crippen LogP contribution in [0.25, 0.3) is 10.9 Å². The zero-order valence-electron chi connectivity index (χ0n) is 18.5. The Morgan fingerprint density at radius 2 is 1.90 bits per heavy atom. The molecule has 2 N–H and O–H groups in total. The zero-order valence-corrected chi connectivity index (χ0v) is 18.5. The molecule has 0 radical (unpaired) electrons. The fraction of sp³-hybridized carbons (Fsp3) is 0.333. The van der Waals surface area contributed by atoms with E-state index in [0.29, 0.717) is 29.5 Å². The van der Waals surface area contributed by atoms with Gasteiger partial charge in [0.2, 0.25) is 5.91 Å². The van der Waals surface area contributed by atoms with Crippen molar-refractivity contribution in [3.63, 3.8) is 0 Å². The number of nitrogens with zero attached hydrogens (tertiary/aromatic N) is 2. The summed E-state index contributed by atoms with van der Waals surface area (Å²) in [6, 6.07) is 13.4. The number of anilines is 1.